The Kier molecular flexibility index (Phi) is 6.37. The summed E-state index contributed by atoms with van der Waals surface area (Å²) in [4.78, 5) is 2.37. The fourth-order valence-corrected chi connectivity index (χ4v) is 4.48. The SMILES string of the molecule is CCC[C@@]1(CO)CN(Cc2ccc(OC3CCCC3)cc2)CC[C@@H]1O. The molecule has 2 atom stereocenters. The van der Waals surface area contributed by atoms with Crippen molar-refractivity contribution in [1.82, 2.24) is 4.90 Å². The molecule has 2 N–H and O–H groups in total. The van der Waals surface area contributed by atoms with Gasteiger partial charge in [0.2, 0.25) is 0 Å². The normalized spacial score (nSPS) is 28.4. The highest BCUT2D eigenvalue weighted by Crippen LogP contribution is 2.35. The molecule has 0 unspecified atom stereocenters. The number of hydrogen-bond acceptors (Lipinski definition) is 4. The Bertz CT molecular complexity index is 526. The van der Waals surface area contributed by atoms with Gasteiger partial charge in [-0.2, -0.15) is 0 Å². The Morgan fingerprint density at radius 2 is 1.88 bits per heavy atom. The number of nitrogens with zero attached hydrogens (tertiary/aromatic N) is 1. The molecule has 0 bridgehead atoms. The summed E-state index contributed by atoms with van der Waals surface area (Å²) in [6.07, 6.45) is 7.53. The highest BCUT2D eigenvalue weighted by atomic mass is 16.5. The number of rotatable bonds is 7. The average Bonchev–Trinajstić information content (AvgIpc) is 3.13. The summed E-state index contributed by atoms with van der Waals surface area (Å²) in [5.74, 6) is 0.973. The van der Waals surface area contributed by atoms with Crippen molar-refractivity contribution in [2.24, 2.45) is 5.41 Å². The van der Waals surface area contributed by atoms with Crippen molar-refractivity contribution in [1.29, 1.82) is 0 Å². The average molecular weight is 347 g/mol. The minimum Gasteiger partial charge on any atom is -0.490 e. The van der Waals surface area contributed by atoms with Gasteiger partial charge in [0.05, 0.1) is 18.8 Å². The second kappa shape index (κ2) is 8.52. The molecule has 2 fully saturated rings. The quantitative estimate of drug-likeness (QED) is 0.794. The number of piperidine rings is 1. The van der Waals surface area contributed by atoms with Crippen LogP contribution in [0.25, 0.3) is 0 Å². The summed E-state index contributed by atoms with van der Waals surface area (Å²) in [6.45, 7) is 4.69. The summed E-state index contributed by atoms with van der Waals surface area (Å²) < 4.78 is 6.04. The smallest absolute Gasteiger partial charge is 0.119 e. The fourth-order valence-electron chi connectivity index (χ4n) is 4.48. The molecule has 0 radical (unpaired) electrons. The predicted octanol–water partition coefficient (Wildman–Crippen LogP) is 3.35. The van der Waals surface area contributed by atoms with E-state index in [-0.39, 0.29) is 12.0 Å². The van der Waals surface area contributed by atoms with Crippen molar-refractivity contribution < 1.29 is 14.9 Å². The van der Waals surface area contributed by atoms with E-state index >= 15 is 0 Å². The van der Waals surface area contributed by atoms with Crippen molar-refractivity contribution in [2.45, 2.75) is 70.6 Å². The van der Waals surface area contributed by atoms with Gasteiger partial charge in [-0.05, 0) is 56.2 Å². The zero-order valence-corrected chi connectivity index (χ0v) is 15.5. The van der Waals surface area contributed by atoms with Crippen LogP contribution in [0.5, 0.6) is 5.75 Å². The summed E-state index contributed by atoms with van der Waals surface area (Å²) in [5, 5.41) is 20.3. The van der Waals surface area contributed by atoms with E-state index in [2.05, 4.69) is 36.1 Å². The topological polar surface area (TPSA) is 52.9 Å². The number of aliphatic hydroxyl groups excluding tert-OH is 2. The van der Waals surface area contributed by atoms with Crippen LogP contribution >= 0.6 is 0 Å². The predicted molar refractivity (Wildman–Crippen MR) is 99.7 cm³/mol. The lowest BCUT2D eigenvalue weighted by molar-refractivity contribution is -0.0819. The molecule has 0 spiro atoms. The van der Waals surface area contributed by atoms with Crippen LogP contribution in [0.4, 0.5) is 0 Å². The molecule has 3 rings (SSSR count). The lowest BCUT2D eigenvalue weighted by atomic mass is 9.74. The van der Waals surface area contributed by atoms with Gasteiger partial charge in [-0.15, -0.1) is 0 Å². The molecular weight excluding hydrogens is 314 g/mol. The van der Waals surface area contributed by atoms with E-state index in [1.54, 1.807) is 0 Å². The maximum atomic E-state index is 10.4. The first kappa shape index (κ1) is 18.7. The fraction of sp³-hybridized carbons (Fsp3) is 0.714. The van der Waals surface area contributed by atoms with Gasteiger partial charge in [-0.25, -0.2) is 0 Å². The molecule has 1 saturated carbocycles. The first-order valence-electron chi connectivity index (χ1n) is 9.92. The van der Waals surface area contributed by atoms with Crippen LogP contribution in [-0.2, 0) is 6.54 Å². The Morgan fingerprint density at radius 3 is 2.52 bits per heavy atom. The molecule has 4 nitrogen and oxygen atoms in total. The van der Waals surface area contributed by atoms with E-state index in [1.807, 2.05) is 0 Å². The first-order chi connectivity index (χ1) is 12.1. The van der Waals surface area contributed by atoms with Gasteiger partial charge >= 0.3 is 0 Å². The van der Waals surface area contributed by atoms with Gasteiger partial charge in [0.15, 0.2) is 0 Å². The summed E-state index contributed by atoms with van der Waals surface area (Å²) in [5.41, 5.74) is 0.900. The second-order valence-electron chi connectivity index (χ2n) is 7.95. The number of benzene rings is 1. The standard InChI is InChI=1S/C21H33NO3/c1-2-12-21(16-23)15-22(13-11-20(21)24)14-17-7-9-19(10-8-17)25-18-5-3-4-6-18/h7-10,18,20,23-24H,2-6,11-16H2,1H3/t20-,21-/m0/s1. The number of hydrogen-bond donors (Lipinski definition) is 2. The summed E-state index contributed by atoms with van der Waals surface area (Å²) in [7, 11) is 0. The highest BCUT2D eigenvalue weighted by molar-refractivity contribution is 5.27. The van der Waals surface area contributed by atoms with E-state index in [4.69, 9.17) is 4.74 Å². The van der Waals surface area contributed by atoms with E-state index in [1.165, 1.54) is 31.2 Å². The highest BCUT2D eigenvalue weighted by Gasteiger charge is 2.41. The Morgan fingerprint density at radius 1 is 1.16 bits per heavy atom. The van der Waals surface area contributed by atoms with Crippen LogP contribution < -0.4 is 4.74 Å². The van der Waals surface area contributed by atoms with Crippen molar-refractivity contribution in [2.75, 3.05) is 19.7 Å². The van der Waals surface area contributed by atoms with E-state index in [0.717, 1.165) is 44.6 Å². The van der Waals surface area contributed by atoms with Crippen LogP contribution in [0.1, 0.15) is 57.4 Å². The molecule has 1 aromatic rings. The van der Waals surface area contributed by atoms with Gasteiger partial charge in [-0.3, -0.25) is 4.90 Å². The van der Waals surface area contributed by atoms with Crippen molar-refractivity contribution in [3.05, 3.63) is 29.8 Å². The van der Waals surface area contributed by atoms with Crippen molar-refractivity contribution in [3.8, 4) is 5.75 Å². The molecule has 2 aliphatic rings. The lowest BCUT2D eigenvalue weighted by Gasteiger charge is -2.45. The Labute approximate surface area is 151 Å². The van der Waals surface area contributed by atoms with Gasteiger partial charge < -0.3 is 14.9 Å². The third-order valence-corrected chi connectivity index (χ3v) is 5.96. The summed E-state index contributed by atoms with van der Waals surface area (Å²) in [6, 6.07) is 8.46. The molecule has 4 heteroatoms. The third kappa shape index (κ3) is 4.55. The van der Waals surface area contributed by atoms with Gasteiger partial charge in [0.1, 0.15) is 5.75 Å². The first-order valence-corrected chi connectivity index (χ1v) is 9.92. The zero-order valence-electron chi connectivity index (χ0n) is 15.5. The van der Waals surface area contributed by atoms with E-state index in [0.29, 0.717) is 6.10 Å². The second-order valence-corrected chi connectivity index (χ2v) is 7.95. The van der Waals surface area contributed by atoms with Crippen LogP contribution in [0, 0.1) is 5.41 Å². The van der Waals surface area contributed by atoms with Crippen LogP contribution in [0.2, 0.25) is 0 Å². The largest absolute Gasteiger partial charge is 0.490 e. The summed E-state index contributed by atoms with van der Waals surface area (Å²) >= 11 is 0. The minimum atomic E-state index is -0.393. The number of ether oxygens (including phenoxy) is 1. The van der Waals surface area contributed by atoms with Crippen molar-refractivity contribution >= 4 is 0 Å². The molecular formula is C21H33NO3. The van der Waals surface area contributed by atoms with Crippen LogP contribution in [-0.4, -0.2) is 47.0 Å². The van der Waals surface area contributed by atoms with E-state index in [9.17, 15) is 10.2 Å². The number of aliphatic hydroxyl groups is 2. The van der Waals surface area contributed by atoms with Crippen LogP contribution in [0.3, 0.4) is 0 Å². The Balaban J connectivity index is 1.57. The minimum absolute atomic E-state index is 0.0622. The molecule has 1 aliphatic carbocycles. The maximum absolute atomic E-state index is 10.4. The van der Waals surface area contributed by atoms with Crippen molar-refractivity contribution in [3.63, 3.8) is 0 Å². The lowest BCUT2D eigenvalue weighted by Crippen LogP contribution is -2.53. The molecule has 1 aromatic carbocycles. The molecule has 25 heavy (non-hydrogen) atoms. The van der Waals surface area contributed by atoms with Crippen LogP contribution in [0.15, 0.2) is 24.3 Å². The van der Waals surface area contributed by atoms with Gasteiger partial charge in [-0.1, -0.05) is 25.5 Å². The monoisotopic (exact) mass is 347 g/mol. The van der Waals surface area contributed by atoms with Gasteiger partial charge in [0.25, 0.3) is 0 Å². The molecule has 140 valence electrons. The number of likely N-dealkylation sites (tertiary alicyclic amines) is 1. The third-order valence-electron chi connectivity index (χ3n) is 5.96. The molecule has 1 heterocycles. The molecule has 1 saturated heterocycles. The maximum Gasteiger partial charge on any atom is 0.119 e. The molecule has 1 aliphatic heterocycles. The van der Waals surface area contributed by atoms with E-state index < -0.39 is 6.10 Å². The Hall–Kier alpha value is -1.10. The molecule has 0 aromatic heterocycles. The van der Waals surface area contributed by atoms with Gasteiger partial charge in [0, 0.05) is 25.0 Å². The zero-order chi connectivity index (χ0) is 17.7. The molecule has 0 amide bonds.